The van der Waals surface area contributed by atoms with Crippen LogP contribution in [0.25, 0.3) is 0 Å². The van der Waals surface area contributed by atoms with Gasteiger partial charge in [-0.05, 0) is 49.8 Å². The molecule has 0 spiro atoms. The first-order valence-corrected chi connectivity index (χ1v) is 8.00. The van der Waals surface area contributed by atoms with Gasteiger partial charge in [-0.25, -0.2) is 0 Å². The molecular formula is C14H19Cl2N3S. The third-order valence-electron chi connectivity index (χ3n) is 3.55. The molecule has 1 aliphatic heterocycles. The minimum Gasteiger partial charge on any atom is -0.360 e. The van der Waals surface area contributed by atoms with E-state index in [4.69, 9.17) is 35.4 Å². The number of benzene rings is 1. The topological polar surface area (TPSA) is 27.3 Å². The summed E-state index contributed by atoms with van der Waals surface area (Å²) in [6.07, 6.45) is 2.22. The molecule has 0 bridgehead atoms. The molecule has 20 heavy (non-hydrogen) atoms. The molecule has 0 aromatic heterocycles. The normalized spacial score (nSPS) is 16.9. The number of hydrogen-bond acceptors (Lipinski definition) is 2. The van der Waals surface area contributed by atoms with Crippen LogP contribution in [0.1, 0.15) is 19.8 Å². The first-order valence-electron chi connectivity index (χ1n) is 6.83. The molecule has 6 heteroatoms. The summed E-state index contributed by atoms with van der Waals surface area (Å²) in [5, 5.41) is 8.31. The van der Waals surface area contributed by atoms with E-state index < -0.39 is 0 Å². The van der Waals surface area contributed by atoms with Crippen LogP contribution in [0, 0.1) is 0 Å². The van der Waals surface area contributed by atoms with E-state index in [-0.39, 0.29) is 0 Å². The molecule has 0 amide bonds. The van der Waals surface area contributed by atoms with Gasteiger partial charge in [-0.1, -0.05) is 30.1 Å². The van der Waals surface area contributed by atoms with Crippen molar-refractivity contribution in [3.63, 3.8) is 0 Å². The molecule has 0 radical (unpaired) electrons. The van der Waals surface area contributed by atoms with Crippen molar-refractivity contribution in [3.8, 4) is 0 Å². The smallest absolute Gasteiger partial charge is 0.171 e. The minimum absolute atomic E-state index is 0.427. The number of nitrogens with one attached hydrogen (secondary N) is 2. The van der Waals surface area contributed by atoms with E-state index in [9.17, 15) is 0 Å². The maximum Gasteiger partial charge on any atom is 0.171 e. The monoisotopic (exact) mass is 331 g/mol. The Morgan fingerprint density at radius 2 is 2.05 bits per heavy atom. The van der Waals surface area contributed by atoms with Gasteiger partial charge in [0.2, 0.25) is 0 Å². The molecule has 1 aromatic rings. The molecule has 2 N–H and O–H groups in total. The Morgan fingerprint density at radius 1 is 1.35 bits per heavy atom. The molecule has 1 aliphatic rings. The summed E-state index contributed by atoms with van der Waals surface area (Å²) in [6, 6.07) is 5.72. The third-order valence-corrected chi connectivity index (χ3v) is 4.33. The largest absolute Gasteiger partial charge is 0.360 e. The lowest BCUT2D eigenvalue weighted by Gasteiger charge is -2.32. The third kappa shape index (κ3) is 4.48. The van der Waals surface area contributed by atoms with Crippen LogP contribution in [-0.2, 0) is 0 Å². The molecule has 3 nitrogen and oxygen atoms in total. The van der Waals surface area contributed by atoms with E-state index in [0.29, 0.717) is 21.2 Å². The van der Waals surface area contributed by atoms with Crippen molar-refractivity contribution >= 4 is 46.2 Å². The highest BCUT2D eigenvalue weighted by Gasteiger charge is 2.18. The standard InChI is InChI=1S/C14H19Cl2N3S/c1-2-19-7-5-11(6-8-19)17-14(20)18-13-9-10(15)3-4-12(13)16/h3-4,9,11H,2,5-8H2,1H3,(H2,17,18,20). The van der Waals surface area contributed by atoms with Gasteiger partial charge in [0, 0.05) is 24.2 Å². The zero-order chi connectivity index (χ0) is 14.5. The fraction of sp³-hybridized carbons (Fsp3) is 0.500. The van der Waals surface area contributed by atoms with Gasteiger partial charge >= 0.3 is 0 Å². The number of thiocarbonyl (C=S) groups is 1. The number of rotatable bonds is 3. The lowest BCUT2D eigenvalue weighted by Crippen LogP contribution is -2.45. The van der Waals surface area contributed by atoms with Gasteiger partial charge in [0.05, 0.1) is 10.7 Å². The Labute approximate surface area is 135 Å². The maximum absolute atomic E-state index is 6.11. The van der Waals surface area contributed by atoms with E-state index in [2.05, 4.69) is 22.5 Å². The molecule has 0 aliphatic carbocycles. The number of halogens is 2. The Kier molecular flexibility index (Phi) is 5.90. The van der Waals surface area contributed by atoms with E-state index in [1.165, 1.54) is 0 Å². The number of piperidine rings is 1. The quantitative estimate of drug-likeness (QED) is 0.824. The first kappa shape index (κ1) is 15.8. The molecule has 0 atom stereocenters. The van der Waals surface area contributed by atoms with Crippen LogP contribution in [-0.4, -0.2) is 35.7 Å². The van der Waals surface area contributed by atoms with Crippen molar-refractivity contribution in [1.82, 2.24) is 10.2 Å². The van der Waals surface area contributed by atoms with Crippen LogP contribution in [0.15, 0.2) is 18.2 Å². The second-order valence-electron chi connectivity index (χ2n) is 4.93. The summed E-state index contributed by atoms with van der Waals surface area (Å²) >= 11 is 17.4. The lowest BCUT2D eigenvalue weighted by atomic mass is 10.1. The Bertz CT molecular complexity index is 473. The van der Waals surface area contributed by atoms with Crippen molar-refractivity contribution < 1.29 is 0 Å². The summed E-state index contributed by atoms with van der Waals surface area (Å²) in [5.41, 5.74) is 0.739. The van der Waals surface area contributed by atoms with Crippen molar-refractivity contribution in [2.45, 2.75) is 25.8 Å². The predicted molar refractivity (Wildman–Crippen MR) is 91.0 cm³/mol. The molecule has 2 rings (SSSR count). The van der Waals surface area contributed by atoms with Crippen molar-refractivity contribution in [1.29, 1.82) is 0 Å². The van der Waals surface area contributed by atoms with E-state index >= 15 is 0 Å². The van der Waals surface area contributed by atoms with Crippen molar-refractivity contribution in [2.75, 3.05) is 25.0 Å². The number of hydrogen-bond donors (Lipinski definition) is 2. The molecule has 0 saturated carbocycles. The van der Waals surface area contributed by atoms with Crippen LogP contribution in [0.2, 0.25) is 10.0 Å². The highest BCUT2D eigenvalue weighted by atomic mass is 35.5. The minimum atomic E-state index is 0.427. The number of nitrogens with zero attached hydrogens (tertiary/aromatic N) is 1. The summed E-state index contributed by atoms with van der Waals surface area (Å²) in [6.45, 7) is 5.55. The highest BCUT2D eigenvalue weighted by molar-refractivity contribution is 7.80. The fourth-order valence-electron chi connectivity index (χ4n) is 2.33. The molecule has 0 unspecified atom stereocenters. The summed E-state index contributed by atoms with van der Waals surface area (Å²) in [7, 11) is 0. The van der Waals surface area contributed by atoms with Gasteiger partial charge in [0.25, 0.3) is 0 Å². The molecule has 1 saturated heterocycles. The summed E-state index contributed by atoms with van der Waals surface area (Å²) in [4.78, 5) is 2.45. The Hall–Kier alpha value is -0.550. The summed E-state index contributed by atoms with van der Waals surface area (Å²) < 4.78 is 0. The highest BCUT2D eigenvalue weighted by Crippen LogP contribution is 2.25. The number of likely N-dealkylation sites (tertiary alicyclic amines) is 1. The zero-order valence-corrected chi connectivity index (χ0v) is 13.8. The van der Waals surface area contributed by atoms with Gasteiger partial charge < -0.3 is 15.5 Å². The maximum atomic E-state index is 6.11. The average molecular weight is 332 g/mol. The van der Waals surface area contributed by atoms with Gasteiger partial charge in [0.1, 0.15) is 0 Å². The Morgan fingerprint density at radius 3 is 2.70 bits per heavy atom. The SMILES string of the molecule is CCN1CCC(NC(=S)Nc2cc(Cl)ccc2Cl)CC1. The van der Waals surface area contributed by atoms with Crippen molar-refractivity contribution in [3.05, 3.63) is 28.2 Å². The average Bonchev–Trinajstić information content (AvgIpc) is 2.43. The molecule has 1 aromatic carbocycles. The fourth-order valence-corrected chi connectivity index (χ4v) is 2.94. The zero-order valence-electron chi connectivity index (χ0n) is 11.5. The second kappa shape index (κ2) is 7.46. The first-order chi connectivity index (χ1) is 9.58. The van der Waals surface area contributed by atoms with Crippen LogP contribution in [0.3, 0.4) is 0 Å². The number of anilines is 1. The van der Waals surface area contributed by atoms with Crippen LogP contribution in [0.4, 0.5) is 5.69 Å². The van der Waals surface area contributed by atoms with Gasteiger partial charge in [0.15, 0.2) is 5.11 Å². The van der Waals surface area contributed by atoms with Gasteiger partial charge in [-0.3, -0.25) is 0 Å². The van der Waals surface area contributed by atoms with Crippen LogP contribution < -0.4 is 10.6 Å². The predicted octanol–water partition coefficient (Wildman–Crippen LogP) is 3.76. The van der Waals surface area contributed by atoms with Crippen LogP contribution >= 0.6 is 35.4 Å². The van der Waals surface area contributed by atoms with E-state index in [0.717, 1.165) is 38.2 Å². The summed E-state index contributed by atoms with van der Waals surface area (Å²) in [5.74, 6) is 0. The van der Waals surface area contributed by atoms with Crippen LogP contribution in [0.5, 0.6) is 0 Å². The molecule has 1 fully saturated rings. The Balaban J connectivity index is 1.85. The van der Waals surface area contributed by atoms with E-state index in [1.54, 1.807) is 18.2 Å². The van der Waals surface area contributed by atoms with Crippen molar-refractivity contribution in [2.24, 2.45) is 0 Å². The second-order valence-corrected chi connectivity index (χ2v) is 6.18. The lowest BCUT2D eigenvalue weighted by molar-refractivity contribution is 0.216. The molecule has 110 valence electrons. The molecular weight excluding hydrogens is 313 g/mol. The van der Waals surface area contributed by atoms with Gasteiger partial charge in [-0.15, -0.1) is 0 Å². The van der Waals surface area contributed by atoms with E-state index in [1.807, 2.05) is 0 Å². The van der Waals surface area contributed by atoms with Gasteiger partial charge in [-0.2, -0.15) is 0 Å². The molecule has 1 heterocycles.